The smallest absolute Gasteiger partial charge is 0.326 e. The lowest BCUT2D eigenvalue weighted by atomic mass is 10.0. The molecule has 0 radical (unpaired) electrons. The van der Waals surface area contributed by atoms with Gasteiger partial charge >= 0.3 is 5.97 Å². The Labute approximate surface area is 160 Å². The molecule has 1 amide bonds. The van der Waals surface area contributed by atoms with Crippen molar-refractivity contribution in [2.24, 2.45) is 0 Å². The minimum absolute atomic E-state index is 0.195. The molecule has 2 aromatic carbocycles. The molecule has 128 valence electrons. The van der Waals surface area contributed by atoms with Gasteiger partial charge in [0.2, 0.25) is 0 Å². The molecule has 3 N–H and O–H groups in total. The molecule has 0 aliphatic heterocycles. The van der Waals surface area contributed by atoms with Crippen molar-refractivity contribution in [2.75, 3.05) is 0 Å². The second kappa shape index (κ2) is 7.41. The quantitative estimate of drug-likeness (QED) is 0.530. The van der Waals surface area contributed by atoms with Crippen LogP contribution in [0.4, 0.5) is 0 Å². The molecule has 0 saturated carbocycles. The van der Waals surface area contributed by atoms with Crippen molar-refractivity contribution in [3.05, 3.63) is 68.7 Å². The van der Waals surface area contributed by atoms with Gasteiger partial charge in [0, 0.05) is 38.0 Å². The fourth-order valence-corrected chi connectivity index (χ4v) is 3.94. The van der Waals surface area contributed by atoms with E-state index in [9.17, 15) is 14.7 Å². The lowest BCUT2D eigenvalue weighted by Gasteiger charge is -2.14. The normalized spacial score (nSPS) is 12.1. The van der Waals surface area contributed by atoms with Crippen LogP contribution in [0.25, 0.3) is 10.9 Å². The number of hydrogen-bond donors (Lipinski definition) is 3. The molecule has 7 heteroatoms. The van der Waals surface area contributed by atoms with E-state index in [0.29, 0.717) is 5.56 Å². The summed E-state index contributed by atoms with van der Waals surface area (Å²) in [6.45, 7) is 0. The molecule has 0 bridgehead atoms. The third-order valence-electron chi connectivity index (χ3n) is 3.83. The molecule has 0 aliphatic carbocycles. The van der Waals surface area contributed by atoms with Crippen LogP contribution < -0.4 is 5.32 Å². The number of fused-ring (bicyclic) bond motifs is 1. The molecule has 0 aliphatic rings. The second-order valence-corrected chi connectivity index (χ2v) is 7.42. The standard InChI is InChI=1S/C18H14Br2N2O3/c19-12-5-10(6-13(20)8-12)17(23)22-16(18(24)25)7-11-9-21-15-4-2-1-3-14(11)15/h1-6,8-9,16,21H,7H2,(H,22,23)(H,24,25)/t16-/m1/s1. The van der Waals surface area contributed by atoms with Gasteiger partial charge in [0.1, 0.15) is 6.04 Å². The van der Waals surface area contributed by atoms with E-state index in [0.717, 1.165) is 25.4 Å². The Kier molecular flexibility index (Phi) is 5.24. The van der Waals surface area contributed by atoms with Crippen LogP contribution in [0.1, 0.15) is 15.9 Å². The first kappa shape index (κ1) is 17.7. The molecule has 3 aromatic rings. The number of aliphatic carboxylic acids is 1. The van der Waals surface area contributed by atoms with E-state index in [1.54, 1.807) is 24.4 Å². The molecule has 3 rings (SSSR count). The lowest BCUT2D eigenvalue weighted by molar-refractivity contribution is -0.139. The summed E-state index contributed by atoms with van der Waals surface area (Å²) in [7, 11) is 0. The summed E-state index contributed by atoms with van der Waals surface area (Å²) in [5, 5.41) is 13.1. The second-order valence-electron chi connectivity index (χ2n) is 5.59. The van der Waals surface area contributed by atoms with E-state index in [4.69, 9.17) is 0 Å². The molecule has 1 heterocycles. The van der Waals surface area contributed by atoms with Crippen LogP contribution in [0.3, 0.4) is 0 Å². The minimum atomic E-state index is -1.08. The summed E-state index contributed by atoms with van der Waals surface area (Å²) >= 11 is 6.64. The third-order valence-corrected chi connectivity index (χ3v) is 4.74. The highest BCUT2D eigenvalue weighted by Crippen LogP contribution is 2.21. The average Bonchev–Trinajstić information content (AvgIpc) is 2.96. The minimum Gasteiger partial charge on any atom is -0.480 e. The highest BCUT2D eigenvalue weighted by atomic mass is 79.9. The Morgan fingerprint density at radius 1 is 1.12 bits per heavy atom. The Balaban J connectivity index is 1.82. The number of H-pyrrole nitrogens is 1. The summed E-state index contributed by atoms with van der Waals surface area (Å²) in [5.74, 6) is -1.51. The van der Waals surface area contributed by atoms with E-state index in [-0.39, 0.29) is 6.42 Å². The van der Waals surface area contributed by atoms with Crippen LogP contribution in [0, 0.1) is 0 Å². The molecule has 0 spiro atoms. The van der Waals surface area contributed by atoms with Crippen molar-refractivity contribution in [1.29, 1.82) is 0 Å². The van der Waals surface area contributed by atoms with Crippen molar-refractivity contribution in [3.63, 3.8) is 0 Å². The zero-order chi connectivity index (χ0) is 18.0. The number of halogens is 2. The van der Waals surface area contributed by atoms with E-state index in [1.165, 1.54) is 0 Å². The first-order valence-corrected chi connectivity index (χ1v) is 9.07. The van der Waals surface area contributed by atoms with Crippen LogP contribution >= 0.6 is 31.9 Å². The average molecular weight is 466 g/mol. The molecular weight excluding hydrogens is 452 g/mol. The SMILES string of the molecule is O=C(N[C@H](Cc1c[nH]c2ccccc12)C(=O)O)c1cc(Br)cc(Br)c1. The maximum absolute atomic E-state index is 12.4. The summed E-state index contributed by atoms with van der Waals surface area (Å²) in [6, 6.07) is 11.7. The first-order valence-electron chi connectivity index (χ1n) is 7.49. The molecule has 0 saturated heterocycles. The number of aromatic amines is 1. The van der Waals surface area contributed by atoms with Gasteiger partial charge in [-0.25, -0.2) is 4.79 Å². The number of carboxylic acids is 1. The largest absolute Gasteiger partial charge is 0.480 e. The first-order chi connectivity index (χ1) is 11.9. The Morgan fingerprint density at radius 3 is 2.48 bits per heavy atom. The van der Waals surface area contributed by atoms with Gasteiger partial charge in [-0.3, -0.25) is 4.79 Å². The van der Waals surface area contributed by atoms with Crippen LogP contribution in [-0.4, -0.2) is 28.0 Å². The third kappa shape index (κ3) is 4.11. The van der Waals surface area contributed by atoms with Crippen LogP contribution in [0.2, 0.25) is 0 Å². The number of rotatable bonds is 5. The number of carboxylic acid groups (broad SMARTS) is 1. The summed E-state index contributed by atoms with van der Waals surface area (Å²) in [4.78, 5) is 27.2. The number of aromatic nitrogens is 1. The fraction of sp³-hybridized carbons (Fsp3) is 0.111. The maximum Gasteiger partial charge on any atom is 0.326 e. The van der Waals surface area contributed by atoms with Crippen LogP contribution in [-0.2, 0) is 11.2 Å². The molecule has 1 aromatic heterocycles. The monoisotopic (exact) mass is 464 g/mol. The van der Waals surface area contributed by atoms with Crippen molar-refractivity contribution in [3.8, 4) is 0 Å². The Bertz CT molecular complexity index is 932. The highest BCUT2D eigenvalue weighted by Gasteiger charge is 2.22. The van der Waals surface area contributed by atoms with E-state index in [2.05, 4.69) is 42.2 Å². The zero-order valence-corrected chi connectivity index (χ0v) is 16.1. The van der Waals surface area contributed by atoms with E-state index in [1.807, 2.05) is 24.3 Å². The van der Waals surface area contributed by atoms with Gasteiger partial charge in [0.15, 0.2) is 0 Å². The summed E-state index contributed by atoms with van der Waals surface area (Å²) in [6.07, 6.45) is 1.97. The van der Waals surface area contributed by atoms with E-state index >= 15 is 0 Å². The van der Waals surface area contributed by atoms with Gasteiger partial charge in [0.25, 0.3) is 5.91 Å². The summed E-state index contributed by atoms with van der Waals surface area (Å²) in [5.41, 5.74) is 2.16. The number of carbonyl (C=O) groups excluding carboxylic acids is 1. The molecule has 0 unspecified atom stereocenters. The fourth-order valence-electron chi connectivity index (χ4n) is 2.65. The lowest BCUT2D eigenvalue weighted by Crippen LogP contribution is -2.42. The van der Waals surface area contributed by atoms with Gasteiger partial charge in [-0.05, 0) is 29.8 Å². The predicted molar refractivity (Wildman–Crippen MR) is 103 cm³/mol. The van der Waals surface area contributed by atoms with Gasteiger partial charge in [-0.2, -0.15) is 0 Å². The number of benzene rings is 2. The van der Waals surface area contributed by atoms with Crippen molar-refractivity contribution < 1.29 is 14.7 Å². The molecule has 25 heavy (non-hydrogen) atoms. The van der Waals surface area contributed by atoms with Crippen molar-refractivity contribution in [1.82, 2.24) is 10.3 Å². The highest BCUT2D eigenvalue weighted by molar-refractivity contribution is 9.11. The number of para-hydroxylation sites is 1. The maximum atomic E-state index is 12.4. The molecule has 0 fully saturated rings. The van der Waals surface area contributed by atoms with Crippen LogP contribution in [0.5, 0.6) is 0 Å². The summed E-state index contributed by atoms with van der Waals surface area (Å²) < 4.78 is 1.46. The Hall–Kier alpha value is -2.12. The molecular formula is C18H14Br2N2O3. The molecule has 5 nitrogen and oxygen atoms in total. The number of amides is 1. The topological polar surface area (TPSA) is 82.2 Å². The number of carbonyl (C=O) groups is 2. The molecule has 1 atom stereocenters. The number of hydrogen-bond acceptors (Lipinski definition) is 2. The van der Waals surface area contributed by atoms with Gasteiger partial charge in [-0.1, -0.05) is 50.1 Å². The number of nitrogens with one attached hydrogen (secondary N) is 2. The Morgan fingerprint density at radius 2 is 1.80 bits per heavy atom. The van der Waals surface area contributed by atoms with Crippen molar-refractivity contribution >= 4 is 54.6 Å². The van der Waals surface area contributed by atoms with Gasteiger partial charge in [0.05, 0.1) is 0 Å². The predicted octanol–water partition coefficient (Wildman–Crippen LogP) is 4.12. The van der Waals surface area contributed by atoms with Gasteiger partial charge in [-0.15, -0.1) is 0 Å². The van der Waals surface area contributed by atoms with Crippen molar-refractivity contribution in [2.45, 2.75) is 12.5 Å². The van der Waals surface area contributed by atoms with Gasteiger partial charge < -0.3 is 15.4 Å². The van der Waals surface area contributed by atoms with Crippen LogP contribution in [0.15, 0.2) is 57.6 Å². The van der Waals surface area contributed by atoms with E-state index < -0.39 is 17.9 Å². The zero-order valence-electron chi connectivity index (χ0n) is 12.9.